The highest BCUT2D eigenvalue weighted by atomic mass is 32.1. The normalized spacial score (nSPS) is 14.4. The topological polar surface area (TPSA) is 104 Å². The fraction of sp³-hybridized carbons (Fsp3) is 0.400. The van der Waals surface area contributed by atoms with Crippen molar-refractivity contribution in [3.8, 4) is 10.8 Å². The number of amides is 1. The van der Waals surface area contributed by atoms with Gasteiger partial charge in [0.1, 0.15) is 27.4 Å². The molecule has 0 bridgehead atoms. The van der Waals surface area contributed by atoms with Crippen molar-refractivity contribution in [2.45, 2.75) is 45.7 Å². The molecule has 1 aliphatic heterocycles. The van der Waals surface area contributed by atoms with Crippen molar-refractivity contribution in [3.05, 3.63) is 68.4 Å². The first kappa shape index (κ1) is 24.9. The highest BCUT2D eigenvalue weighted by Gasteiger charge is 2.30. The number of aryl methyl sites for hydroxylation is 3. The Morgan fingerprint density at radius 2 is 1.89 bits per heavy atom. The Morgan fingerprint density at radius 1 is 1.19 bits per heavy atom. The second kappa shape index (κ2) is 9.92. The molecule has 37 heavy (non-hydrogen) atoms. The molecule has 0 unspecified atom stereocenters. The maximum atomic E-state index is 14.0. The highest BCUT2D eigenvalue weighted by Crippen LogP contribution is 2.31. The maximum Gasteiger partial charge on any atom is 0.332 e. The molecule has 1 aromatic carbocycles. The van der Waals surface area contributed by atoms with E-state index in [4.69, 9.17) is 4.74 Å². The Labute approximate surface area is 215 Å². The lowest BCUT2D eigenvalue weighted by Crippen LogP contribution is -2.46. The zero-order valence-electron chi connectivity index (χ0n) is 20.8. The quantitative estimate of drug-likeness (QED) is 0.367. The summed E-state index contributed by atoms with van der Waals surface area (Å²) in [5.41, 5.74) is 0.0949. The van der Waals surface area contributed by atoms with E-state index in [-0.39, 0.29) is 18.9 Å². The smallest absolute Gasteiger partial charge is 0.332 e. The van der Waals surface area contributed by atoms with Crippen LogP contribution in [-0.2, 0) is 17.8 Å². The Bertz CT molecular complexity index is 1580. The van der Waals surface area contributed by atoms with Crippen LogP contribution in [0.4, 0.5) is 4.39 Å². The van der Waals surface area contributed by atoms with E-state index in [2.05, 4.69) is 10.2 Å². The lowest BCUT2D eigenvalue weighted by atomic mass is 10.1. The summed E-state index contributed by atoms with van der Waals surface area (Å²) < 4.78 is 21.9. The molecule has 0 aliphatic carbocycles. The number of fused-ring (bicyclic) bond motifs is 1. The van der Waals surface area contributed by atoms with Gasteiger partial charge >= 0.3 is 5.69 Å². The Balaban J connectivity index is 1.68. The van der Waals surface area contributed by atoms with Gasteiger partial charge < -0.3 is 9.64 Å². The largest absolute Gasteiger partial charge is 0.496 e. The van der Waals surface area contributed by atoms with Gasteiger partial charge in [0.05, 0.1) is 24.9 Å². The molecule has 1 fully saturated rings. The van der Waals surface area contributed by atoms with E-state index >= 15 is 0 Å². The average molecular weight is 527 g/mol. The van der Waals surface area contributed by atoms with Crippen LogP contribution in [-0.4, -0.2) is 55.1 Å². The number of hydrogen-bond donors (Lipinski definition) is 0. The van der Waals surface area contributed by atoms with Crippen molar-refractivity contribution in [1.29, 1.82) is 0 Å². The Morgan fingerprint density at radius 3 is 2.57 bits per heavy atom. The van der Waals surface area contributed by atoms with Crippen molar-refractivity contribution in [3.63, 3.8) is 0 Å². The summed E-state index contributed by atoms with van der Waals surface area (Å²) in [6.45, 7) is 4.74. The molecule has 0 saturated carbocycles. The van der Waals surface area contributed by atoms with E-state index < -0.39 is 23.1 Å². The minimum atomic E-state index is -0.969. The van der Waals surface area contributed by atoms with Crippen LogP contribution >= 0.6 is 11.3 Å². The zero-order valence-corrected chi connectivity index (χ0v) is 21.6. The van der Waals surface area contributed by atoms with Gasteiger partial charge in [0, 0.05) is 25.2 Å². The summed E-state index contributed by atoms with van der Waals surface area (Å²) in [6, 6.07) is 3.25. The summed E-state index contributed by atoms with van der Waals surface area (Å²) >= 11 is 1.23. The van der Waals surface area contributed by atoms with Gasteiger partial charge in [0.25, 0.3) is 5.56 Å². The molecular formula is C25H27FN6O4S. The number of carbonyl (C=O) groups excluding carboxylic acids is 1. The lowest BCUT2D eigenvalue weighted by Gasteiger charge is -2.22. The zero-order chi connectivity index (χ0) is 26.3. The minimum absolute atomic E-state index is 0.145. The number of likely N-dealkylation sites (tertiary alicyclic amines) is 1. The van der Waals surface area contributed by atoms with Crippen molar-refractivity contribution in [1.82, 2.24) is 29.0 Å². The van der Waals surface area contributed by atoms with E-state index in [0.29, 0.717) is 45.2 Å². The molecule has 194 valence electrons. The lowest BCUT2D eigenvalue weighted by molar-refractivity contribution is -0.133. The molecule has 10 nitrogen and oxygen atoms in total. The van der Waals surface area contributed by atoms with Gasteiger partial charge in [-0.05, 0) is 56.9 Å². The number of rotatable bonds is 7. The van der Waals surface area contributed by atoms with Crippen LogP contribution in [0.15, 0.2) is 40.2 Å². The van der Waals surface area contributed by atoms with Crippen molar-refractivity contribution in [2.75, 3.05) is 20.2 Å². The second-order valence-corrected chi connectivity index (χ2v) is 10.0. The van der Waals surface area contributed by atoms with Gasteiger partial charge in [-0.1, -0.05) is 11.3 Å². The van der Waals surface area contributed by atoms with E-state index in [1.807, 2.05) is 0 Å². The molecule has 0 N–H and O–H groups in total. The van der Waals surface area contributed by atoms with Gasteiger partial charge in [-0.2, -0.15) is 10.2 Å². The first-order valence-electron chi connectivity index (χ1n) is 12.1. The minimum Gasteiger partial charge on any atom is -0.496 e. The number of benzene rings is 1. The number of hydrogen-bond acceptors (Lipinski definition) is 7. The van der Waals surface area contributed by atoms with Gasteiger partial charge in [-0.3, -0.25) is 14.2 Å². The van der Waals surface area contributed by atoms with E-state index in [1.165, 1.54) is 58.4 Å². The third-order valence-corrected chi connectivity index (χ3v) is 8.11. The monoisotopic (exact) mass is 526 g/mol. The second-order valence-electron chi connectivity index (χ2n) is 9.05. The Kier molecular flexibility index (Phi) is 6.67. The molecule has 1 atom stereocenters. The molecule has 1 amide bonds. The summed E-state index contributed by atoms with van der Waals surface area (Å²) in [5.74, 6) is -0.168. The van der Waals surface area contributed by atoms with E-state index in [0.717, 1.165) is 17.4 Å². The molecule has 1 aliphatic rings. The fourth-order valence-electron chi connectivity index (χ4n) is 4.89. The predicted octanol–water partition coefficient (Wildman–Crippen LogP) is 2.69. The van der Waals surface area contributed by atoms with Gasteiger partial charge in [0.2, 0.25) is 5.91 Å². The summed E-state index contributed by atoms with van der Waals surface area (Å²) in [5, 5.41) is 9.32. The van der Waals surface area contributed by atoms with Gasteiger partial charge in [-0.15, -0.1) is 4.80 Å². The molecule has 12 heteroatoms. The first-order chi connectivity index (χ1) is 17.8. The number of ether oxygens (including phenoxy) is 1. The molecular weight excluding hydrogens is 499 g/mol. The van der Waals surface area contributed by atoms with Gasteiger partial charge in [-0.25, -0.2) is 13.8 Å². The molecule has 4 aromatic rings. The van der Waals surface area contributed by atoms with Crippen LogP contribution in [0.2, 0.25) is 0 Å². The number of thiophene rings is 1. The van der Waals surface area contributed by atoms with E-state index in [9.17, 15) is 18.8 Å². The Hall–Kier alpha value is -3.80. The number of aromatic nitrogens is 5. The highest BCUT2D eigenvalue weighted by molar-refractivity contribution is 7.21. The van der Waals surface area contributed by atoms with Crippen LogP contribution < -0.4 is 16.0 Å². The fourth-order valence-corrected chi connectivity index (χ4v) is 6.13. The number of nitrogens with zero attached hydrogens (tertiary/aromatic N) is 6. The van der Waals surface area contributed by atoms with E-state index in [1.54, 1.807) is 18.7 Å². The average Bonchev–Trinajstić information content (AvgIpc) is 3.65. The molecule has 4 heterocycles. The molecule has 0 radical (unpaired) electrons. The molecule has 3 aromatic heterocycles. The summed E-state index contributed by atoms with van der Waals surface area (Å²) in [7, 11) is 1.50. The molecule has 5 rings (SSSR count). The van der Waals surface area contributed by atoms with Crippen molar-refractivity contribution < 1.29 is 13.9 Å². The number of carbonyl (C=O) groups is 1. The maximum absolute atomic E-state index is 14.0. The van der Waals surface area contributed by atoms with Crippen LogP contribution in [0.3, 0.4) is 0 Å². The standard InChI is InChI=1S/C25H27FN6O4S/c1-15-20-22(34)31(16(2)21(33)29-11-4-5-12-29)25(35)30(24(20)37-23(15)32-27-9-10-28-32)13-8-17-14-18(26)6-7-19(17)36-3/h6-7,9-10,14,16H,4-5,8,11-13H2,1-3H3/t16-/m0/s1. The van der Waals surface area contributed by atoms with Crippen molar-refractivity contribution >= 4 is 27.5 Å². The van der Waals surface area contributed by atoms with Crippen LogP contribution in [0.1, 0.15) is 36.9 Å². The molecule has 0 spiro atoms. The van der Waals surface area contributed by atoms with Gasteiger partial charge in [0.15, 0.2) is 0 Å². The third kappa shape index (κ3) is 4.35. The van der Waals surface area contributed by atoms with Crippen LogP contribution in [0, 0.1) is 12.7 Å². The summed E-state index contributed by atoms with van der Waals surface area (Å²) in [6.07, 6.45) is 5.13. The summed E-state index contributed by atoms with van der Waals surface area (Å²) in [4.78, 5) is 44.4. The predicted molar refractivity (Wildman–Crippen MR) is 137 cm³/mol. The van der Waals surface area contributed by atoms with Crippen LogP contribution in [0.5, 0.6) is 5.75 Å². The number of methoxy groups -OCH3 is 1. The third-order valence-electron chi connectivity index (χ3n) is 6.83. The number of halogens is 1. The first-order valence-corrected chi connectivity index (χ1v) is 12.9. The van der Waals surface area contributed by atoms with Crippen molar-refractivity contribution in [2.24, 2.45) is 0 Å². The van der Waals surface area contributed by atoms with Crippen LogP contribution in [0.25, 0.3) is 15.2 Å². The molecule has 1 saturated heterocycles. The SMILES string of the molecule is COc1ccc(F)cc1CCn1c(=O)n([C@@H](C)C(=O)N2CCCC2)c(=O)c2c(C)c(-n3nccn3)sc21.